The molecular weight excluding hydrogens is 369 g/mol. The number of rotatable bonds is 5. The predicted molar refractivity (Wildman–Crippen MR) is 89.9 cm³/mol. The van der Waals surface area contributed by atoms with Crippen LogP contribution in [-0.2, 0) is 15.6 Å². The maximum Gasteiger partial charge on any atom is 0.187 e. The van der Waals surface area contributed by atoms with E-state index >= 15 is 0 Å². The van der Waals surface area contributed by atoms with Crippen molar-refractivity contribution in [1.29, 1.82) is 0 Å². The number of carbonyl (C=O) groups excluding carboxylic acids is 1. The first kappa shape index (κ1) is 17.6. The highest BCUT2D eigenvalue weighted by molar-refractivity contribution is 7.86. The van der Waals surface area contributed by atoms with Crippen molar-refractivity contribution in [3.63, 3.8) is 0 Å². The average molecular weight is 381 g/mol. The lowest BCUT2D eigenvalue weighted by Gasteiger charge is -2.16. The Morgan fingerprint density at radius 2 is 2.08 bits per heavy atom. The van der Waals surface area contributed by atoms with Crippen molar-refractivity contribution in [3.05, 3.63) is 47.2 Å². The average Bonchev–Trinajstić information content (AvgIpc) is 3.00. The van der Waals surface area contributed by atoms with Gasteiger partial charge in [0.05, 0.1) is 32.3 Å². The van der Waals surface area contributed by atoms with Gasteiger partial charge in [-0.3, -0.25) is 4.21 Å². The molecule has 0 fully saturated rings. The number of halogens is 2. The van der Waals surface area contributed by atoms with Crippen molar-refractivity contribution in [1.82, 2.24) is 5.16 Å². The van der Waals surface area contributed by atoms with Crippen LogP contribution in [0.2, 0.25) is 5.02 Å². The molecule has 8 heteroatoms. The molecule has 2 atom stereocenters. The highest BCUT2D eigenvalue weighted by atomic mass is 35.5. The summed E-state index contributed by atoms with van der Waals surface area (Å²) < 4.78 is 31.7. The first-order valence-electron chi connectivity index (χ1n) is 7.40. The van der Waals surface area contributed by atoms with Crippen molar-refractivity contribution in [2.24, 2.45) is 0 Å². The van der Waals surface area contributed by atoms with Gasteiger partial charge < -0.3 is 14.4 Å². The Bertz CT molecular complexity index is 988. The van der Waals surface area contributed by atoms with Gasteiger partial charge in [-0.15, -0.1) is 0 Å². The van der Waals surface area contributed by atoms with E-state index in [0.29, 0.717) is 5.39 Å². The van der Waals surface area contributed by atoms with E-state index < -0.39 is 27.8 Å². The number of nitrogens with zero attached hydrogens (tertiary/aromatic N) is 1. The van der Waals surface area contributed by atoms with E-state index in [0.717, 1.165) is 0 Å². The molecule has 0 aliphatic rings. The minimum atomic E-state index is -1.91. The Balaban J connectivity index is 2.13. The first-order valence-corrected chi connectivity index (χ1v) is 8.99. The fourth-order valence-electron chi connectivity index (χ4n) is 2.52. The molecule has 0 aliphatic carbocycles. The Morgan fingerprint density at radius 3 is 2.72 bits per heavy atom. The van der Waals surface area contributed by atoms with E-state index in [9.17, 15) is 18.5 Å². The normalized spacial score (nSPS) is 13.7. The second-order valence-corrected chi connectivity index (χ2v) is 7.26. The zero-order valence-corrected chi connectivity index (χ0v) is 14.6. The summed E-state index contributed by atoms with van der Waals surface area (Å²) in [5.74, 6) is -1.88. The lowest BCUT2D eigenvalue weighted by molar-refractivity contribution is -0.304. The molecule has 0 amide bonds. The summed E-state index contributed by atoms with van der Waals surface area (Å²) in [7, 11) is -1.91. The summed E-state index contributed by atoms with van der Waals surface area (Å²) in [6, 6.07) is 9.04. The number of fused-ring (bicyclic) bond motifs is 1. The van der Waals surface area contributed by atoms with Crippen LogP contribution in [0.5, 0.6) is 0 Å². The standard InChI is InChI=1S/C17H13ClFNO4S/c1-2-12(17(21)22)25(23)13-8-7-10-15(20-24-16(10)14(13)18)9-5-3-4-6-11(9)19/h3-8,12H,2H2,1H3,(H,21,22)/p-1. The Morgan fingerprint density at radius 1 is 1.36 bits per heavy atom. The fourth-order valence-corrected chi connectivity index (χ4v) is 4.20. The van der Waals surface area contributed by atoms with E-state index in [1.54, 1.807) is 25.1 Å². The van der Waals surface area contributed by atoms with Gasteiger partial charge in [0.15, 0.2) is 5.58 Å². The smallest absolute Gasteiger partial charge is 0.187 e. The minimum absolute atomic E-state index is 0.00868. The van der Waals surface area contributed by atoms with Crippen molar-refractivity contribution >= 4 is 39.3 Å². The third-order valence-electron chi connectivity index (χ3n) is 3.78. The molecule has 0 N–H and O–H groups in total. The molecule has 3 aromatic rings. The van der Waals surface area contributed by atoms with Gasteiger partial charge in [-0.25, -0.2) is 4.39 Å². The van der Waals surface area contributed by atoms with Crippen LogP contribution in [0.25, 0.3) is 22.2 Å². The summed E-state index contributed by atoms with van der Waals surface area (Å²) in [4.78, 5) is 11.2. The van der Waals surface area contributed by atoms with Crippen molar-refractivity contribution in [3.8, 4) is 11.3 Å². The zero-order chi connectivity index (χ0) is 18.1. The van der Waals surface area contributed by atoms with Gasteiger partial charge in [-0.05, 0) is 30.7 Å². The zero-order valence-electron chi connectivity index (χ0n) is 13.0. The van der Waals surface area contributed by atoms with Gasteiger partial charge in [0, 0.05) is 5.56 Å². The number of carboxylic acids is 1. The minimum Gasteiger partial charge on any atom is -0.549 e. The number of aromatic nitrogens is 1. The summed E-state index contributed by atoms with van der Waals surface area (Å²) in [6.07, 6.45) is 0.125. The molecule has 130 valence electrons. The number of hydrogen-bond donors (Lipinski definition) is 0. The molecule has 0 radical (unpaired) electrons. The topological polar surface area (TPSA) is 83.2 Å². The van der Waals surface area contributed by atoms with Crippen LogP contribution in [0.15, 0.2) is 45.8 Å². The predicted octanol–water partition coefficient (Wildman–Crippen LogP) is 2.92. The fraction of sp³-hybridized carbons (Fsp3) is 0.176. The second kappa shape index (κ2) is 6.93. The molecule has 2 unspecified atom stereocenters. The van der Waals surface area contributed by atoms with Crippen LogP contribution in [0.4, 0.5) is 4.39 Å². The molecule has 1 heterocycles. The molecule has 0 bridgehead atoms. The first-order chi connectivity index (χ1) is 12.0. The molecule has 0 saturated carbocycles. The molecule has 0 aliphatic heterocycles. The van der Waals surface area contributed by atoms with Crippen molar-refractivity contribution in [2.75, 3.05) is 0 Å². The van der Waals surface area contributed by atoms with Crippen molar-refractivity contribution < 1.29 is 23.0 Å². The summed E-state index contributed by atoms with van der Waals surface area (Å²) in [5, 5.41) is 14.2. The van der Waals surface area contributed by atoms with Gasteiger partial charge in [0.2, 0.25) is 0 Å². The SMILES string of the molecule is CCC(C(=O)[O-])S(=O)c1ccc2c(-c3ccccc3F)noc2c1Cl. The Kier molecular flexibility index (Phi) is 4.87. The number of carbonyl (C=O) groups is 1. The third kappa shape index (κ3) is 3.05. The molecular formula is C17H12ClFNO4S-. The molecule has 0 saturated heterocycles. The highest BCUT2D eigenvalue weighted by Crippen LogP contribution is 2.36. The monoisotopic (exact) mass is 380 g/mol. The molecule has 1 aromatic heterocycles. The number of carboxylic acid groups (broad SMARTS) is 1. The molecule has 2 aromatic carbocycles. The summed E-state index contributed by atoms with van der Waals surface area (Å²) in [5.41, 5.74) is 0.630. The van der Waals surface area contributed by atoms with Gasteiger partial charge in [0.1, 0.15) is 16.5 Å². The van der Waals surface area contributed by atoms with Gasteiger partial charge >= 0.3 is 0 Å². The van der Waals surface area contributed by atoms with E-state index in [-0.39, 0.29) is 33.2 Å². The molecule has 25 heavy (non-hydrogen) atoms. The lowest BCUT2D eigenvalue weighted by atomic mass is 10.1. The van der Waals surface area contributed by atoms with E-state index in [1.807, 2.05) is 0 Å². The van der Waals surface area contributed by atoms with Crippen LogP contribution in [0, 0.1) is 5.82 Å². The van der Waals surface area contributed by atoms with Crippen LogP contribution >= 0.6 is 11.6 Å². The maximum absolute atomic E-state index is 14.0. The van der Waals surface area contributed by atoms with Gasteiger partial charge in [0.25, 0.3) is 0 Å². The van der Waals surface area contributed by atoms with Crippen LogP contribution in [0.1, 0.15) is 13.3 Å². The molecule has 3 rings (SSSR count). The maximum atomic E-state index is 14.0. The van der Waals surface area contributed by atoms with Crippen molar-refractivity contribution in [2.45, 2.75) is 23.5 Å². The summed E-state index contributed by atoms with van der Waals surface area (Å²) >= 11 is 6.25. The third-order valence-corrected chi connectivity index (χ3v) is 6.09. The van der Waals surface area contributed by atoms with Gasteiger partial charge in [-0.2, -0.15) is 0 Å². The van der Waals surface area contributed by atoms with E-state index in [4.69, 9.17) is 16.1 Å². The van der Waals surface area contributed by atoms with Crippen LogP contribution < -0.4 is 5.11 Å². The second-order valence-electron chi connectivity index (χ2n) is 5.28. The van der Waals surface area contributed by atoms with Gasteiger partial charge in [-0.1, -0.05) is 35.8 Å². The highest BCUT2D eigenvalue weighted by Gasteiger charge is 2.24. The number of benzene rings is 2. The largest absolute Gasteiger partial charge is 0.549 e. The van der Waals surface area contributed by atoms with E-state index in [2.05, 4.69) is 5.16 Å². The van der Waals surface area contributed by atoms with E-state index in [1.165, 1.54) is 18.2 Å². The Labute approximate surface area is 149 Å². The summed E-state index contributed by atoms with van der Waals surface area (Å²) in [6.45, 7) is 1.59. The number of aliphatic carboxylic acids is 1. The molecule has 0 spiro atoms. The van der Waals surface area contributed by atoms with Crippen LogP contribution in [-0.4, -0.2) is 20.6 Å². The Hall–Kier alpha value is -2.25. The van der Waals surface area contributed by atoms with Crippen LogP contribution in [0.3, 0.4) is 0 Å². The quantitative estimate of drug-likeness (QED) is 0.679. The molecule has 5 nitrogen and oxygen atoms in total. The number of hydrogen-bond acceptors (Lipinski definition) is 5. The lowest BCUT2D eigenvalue weighted by Crippen LogP contribution is -2.38.